The van der Waals surface area contributed by atoms with Crippen LogP contribution in [0.2, 0.25) is 0 Å². The molecule has 5 nitrogen and oxygen atoms in total. The summed E-state index contributed by atoms with van der Waals surface area (Å²) in [5, 5.41) is 19.9. The fourth-order valence-electron chi connectivity index (χ4n) is 3.18. The van der Waals surface area contributed by atoms with E-state index in [-0.39, 0.29) is 17.3 Å². The number of rotatable bonds is 2. The average Bonchev–Trinajstić information content (AvgIpc) is 3.35. The summed E-state index contributed by atoms with van der Waals surface area (Å²) < 4.78 is 1.33. The van der Waals surface area contributed by atoms with Crippen LogP contribution < -0.4 is 16.3 Å². The standard InChI is InChI=1S/C20H14N4OS3/c1-10-3-5-12(26-10)7-13-17(23)14(8-21)24-18(13)16(9-22)28-19(20(24)25)15-6-4-11(2)27-15/h3-7,19H,23H2,1-2H3/b13-7+/t19-/m0/s1. The van der Waals surface area contributed by atoms with Gasteiger partial charge in [0.25, 0.3) is 5.91 Å². The smallest absolute Gasteiger partial charge is 0.251 e. The molecule has 0 bridgehead atoms. The Morgan fingerprint density at radius 3 is 2.39 bits per heavy atom. The predicted octanol–water partition coefficient (Wildman–Crippen LogP) is 3.27. The highest BCUT2D eigenvalue weighted by Gasteiger charge is 2.34. The van der Waals surface area contributed by atoms with Crippen LogP contribution in [0.1, 0.15) is 35.2 Å². The summed E-state index contributed by atoms with van der Waals surface area (Å²) in [5.41, 5.74) is 6.58. The van der Waals surface area contributed by atoms with E-state index in [0.29, 0.717) is 15.5 Å². The summed E-state index contributed by atoms with van der Waals surface area (Å²) in [4.78, 5) is 17.7. The molecule has 0 aromatic carbocycles. The van der Waals surface area contributed by atoms with Crippen LogP contribution in [0.15, 0.2) is 24.3 Å². The van der Waals surface area contributed by atoms with Gasteiger partial charge in [-0.1, -0.05) is 11.8 Å². The van der Waals surface area contributed by atoms with Gasteiger partial charge in [0.1, 0.15) is 22.3 Å². The first kappa shape index (κ1) is 18.6. The molecule has 2 N–H and O–H groups in total. The molecule has 0 spiro atoms. The number of thioether (sulfide) groups is 1. The molecule has 138 valence electrons. The first-order chi connectivity index (χ1) is 13.4. The minimum absolute atomic E-state index is 0.0888. The summed E-state index contributed by atoms with van der Waals surface area (Å²) in [6.45, 7) is 3.97. The van der Waals surface area contributed by atoms with Crippen molar-refractivity contribution in [1.29, 1.82) is 10.5 Å². The van der Waals surface area contributed by atoms with E-state index in [1.54, 1.807) is 11.3 Å². The number of hydrogen-bond donors (Lipinski definition) is 1. The maximum absolute atomic E-state index is 13.3. The molecule has 0 aliphatic carbocycles. The lowest BCUT2D eigenvalue weighted by Gasteiger charge is -2.19. The topological polar surface area (TPSA) is 95.6 Å². The van der Waals surface area contributed by atoms with Crippen molar-refractivity contribution in [1.82, 2.24) is 4.57 Å². The average molecular weight is 423 g/mol. The number of carbonyl (C=O) groups excluding carboxylic acids is 1. The maximum atomic E-state index is 13.3. The van der Waals surface area contributed by atoms with Crippen LogP contribution >= 0.6 is 34.4 Å². The highest BCUT2D eigenvalue weighted by atomic mass is 32.2. The zero-order valence-corrected chi connectivity index (χ0v) is 17.5. The summed E-state index contributed by atoms with van der Waals surface area (Å²) in [6, 6.07) is 12.1. The van der Waals surface area contributed by atoms with Gasteiger partial charge in [-0.05, 0) is 44.2 Å². The number of nitriles is 2. The van der Waals surface area contributed by atoms with Gasteiger partial charge in [-0.2, -0.15) is 10.5 Å². The highest BCUT2D eigenvalue weighted by molar-refractivity contribution is 8.09. The number of hydrogen-bond acceptors (Lipinski definition) is 7. The van der Waals surface area contributed by atoms with Gasteiger partial charge in [-0.25, -0.2) is 0 Å². The van der Waals surface area contributed by atoms with E-state index < -0.39 is 5.25 Å². The number of nitrogens with zero attached hydrogens (tertiary/aromatic N) is 3. The van der Waals surface area contributed by atoms with Crippen LogP contribution in [0.25, 0.3) is 11.0 Å². The van der Waals surface area contributed by atoms with Gasteiger partial charge < -0.3 is 5.73 Å². The molecule has 1 aliphatic heterocycles. The number of thiophene rings is 2. The lowest BCUT2D eigenvalue weighted by molar-refractivity contribution is 0.0906. The third-order valence-corrected chi connectivity index (χ3v) is 7.79. The summed E-state index contributed by atoms with van der Waals surface area (Å²) in [5.74, 6) is -0.244. The van der Waals surface area contributed by atoms with Crippen LogP contribution in [-0.2, 0) is 0 Å². The lowest BCUT2D eigenvalue weighted by atomic mass is 10.2. The molecule has 3 aromatic rings. The van der Waals surface area contributed by atoms with Crippen molar-refractivity contribution in [3.63, 3.8) is 0 Å². The van der Waals surface area contributed by atoms with Gasteiger partial charge in [0.05, 0.1) is 11.0 Å². The first-order valence-electron chi connectivity index (χ1n) is 8.34. The van der Waals surface area contributed by atoms with E-state index in [0.717, 1.165) is 19.5 Å². The van der Waals surface area contributed by atoms with E-state index in [4.69, 9.17) is 5.73 Å². The van der Waals surface area contributed by atoms with Crippen molar-refractivity contribution in [2.24, 2.45) is 0 Å². The fraction of sp³-hybridized carbons (Fsp3) is 0.150. The van der Waals surface area contributed by atoms with Crippen LogP contribution in [0.5, 0.6) is 0 Å². The fourth-order valence-corrected chi connectivity index (χ4v) is 6.14. The van der Waals surface area contributed by atoms with Gasteiger partial charge in [-0.3, -0.25) is 9.36 Å². The molecule has 4 heterocycles. The van der Waals surface area contributed by atoms with Crippen molar-refractivity contribution < 1.29 is 4.79 Å². The van der Waals surface area contributed by atoms with Crippen LogP contribution in [0.3, 0.4) is 0 Å². The number of fused-ring (bicyclic) bond motifs is 1. The third-order valence-electron chi connectivity index (χ3n) is 4.42. The van der Waals surface area contributed by atoms with Crippen LogP contribution in [0.4, 0.5) is 5.69 Å². The molecule has 0 saturated carbocycles. The van der Waals surface area contributed by atoms with E-state index in [1.165, 1.54) is 27.7 Å². The Morgan fingerprint density at radius 1 is 1.11 bits per heavy atom. The Balaban J connectivity index is 2.04. The van der Waals surface area contributed by atoms with Crippen molar-refractivity contribution in [3.8, 4) is 12.1 Å². The minimum Gasteiger partial charge on any atom is -0.396 e. The number of carbonyl (C=O) groups is 1. The third kappa shape index (κ3) is 2.87. The van der Waals surface area contributed by atoms with Gasteiger partial charge in [0.15, 0.2) is 5.69 Å². The molecule has 8 heteroatoms. The van der Waals surface area contributed by atoms with E-state index in [9.17, 15) is 15.3 Å². The molecule has 3 aromatic heterocycles. The van der Waals surface area contributed by atoms with Gasteiger partial charge in [0, 0.05) is 24.7 Å². The molecule has 4 rings (SSSR count). The molecular weight excluding hydrogens is 408 g/mol. The van der Waals surface area contributed by atoms with Crippen LogP contribution in [0, 0.1) is 36.5 Å². The second-order valence-electron chi connectivity index (χ2n) is 6.29. The Labute approximate surface area is 173 Å². The van der Waals surface area contributed by atoms with Crippen molar-refractivity contribution >= 4 is 57.0 Å². The van der Waals surface area contributed by atoms with Gasteiger partial charge >= 0.3 is 0 Å². The number of nitrogens with two attached hydrogens (primary N) is 1. The van der Waals surface area contributed by atoms with E-state index >= 15 is 0 Å². The molecule has 0 amide bonds. The molecular formula is C20H14N4OS3. The number of anilines is 1. The minimum atomic E-state index is -0.559. The lowest BCUT2D eigenvalue weighted by Crippen LogP contribution is -2.40. The zero-order chi connectivity index (χ0) is 20.0. The Morgan fingerprint density at radius 2 is 1.82 bits per heavy atom. The second-order valence-corrected chi connectivity index (χ2v) is 10.0. The van der Waals surface area contributed by atoms with E-state index in [1.807, 2.05) is 44.2 Å². The van der Waals surface area contributed by atoms with Crippen molar-refractivity contribution in [3.05, 3.63) is 60.0 Å². The normalized spacial score (nSPS) is 16.7. The molecule has 1 atom stereocenters. The highest BCUT2D eigenvalue weighted by Crippen LogP contribution is 2.41. The summed E-state index contributed by atoms with van der Waals surface area (Å²) >= 11 is 4.33. The maximum Gasteiger partial charge on any atom is 0.251 e. The Bertz CT molecular complexity index is 1330. The quantitative estimate of drug-likeness (QED) is 0.684. The second kappa shape index (κ2) is 6.99. The number of aryl methyl sites for hydroxylation is 2. The predicted molar refractivity (Wildman–Crippen MR) is 114 cm³/mol. The number of aromatic nitrogens is 1. The first-order valence-corrected chi connectivity index (χ1v) is 10.9. The molecule has 0 unspecified atom stereocenters. The van der Waals surface area contributed by atoms with Crippen LogP contribution in [-0.4, -0.2) is 10.5 Å². The molecule has 0 saturated heterocycles. The SMILES string of the molecule is Cc1ccc(/C=c2\c(N)c(C#N)n3c2=C(C#N)S[C@@H](c2ccc(C)s2)C3=O)s1. The summed E-state index contributed by atoms with van der Waals surface area (Å²) in [6.07, 6.45) is 1.85. The van der Waals surface area contributed by atoms with Gasteiger partial charge in [-0.15, -0.1) is 22.7 Å². The molecule has 28 heavy (non-hydrogen) atoms. The zero-order valence-electron chi connectivity index (χ0n) is 15.0. The Hall–Kier alpha value is -2.78. The number of nitrogen functional groups attached to an aromatic ring is 1. The molecule has 0 radical (unpaired) electrons. The van der Waals surface area contributed by atoms with Gasteiger partial charge in [0.2, 0.25) is 0 Å². The van der Waals surface area contributed by atoms with Crippen molar-refractivity contribution in [2.75, 3.05) is 5.73 Å². The molecule has 1 aliphatic rings. The van der Waals surface area contributed by atoms with Crippen molar-refractivity contribution in [2.45, 2.75) is 19.1 Å². The largest absolute Gasteiger partial charge is 0.396 e. The molecule has 0 fully saturated rings. The summed E-state index contributed by atoms with van der Waals surface area (Å²) in [7, 11) is 0. The van der Waals surface area contributed by atoms with E-state index in [2.05, 4.69) is 12.1 Å². The monoisotopic (exact) mass is 422 g/mol. The Kier molecular flexibility index (Phi) is 4.64.